The summed E-state index contributed by atoms with van der Waals surface area (Å²) < 4.78 is 0. The lowest BCUT2D eigenvalue weighted by atomic mass is 9.96. The molecule has 2 aromatic carbocycles. The van der Waals surface area contributed by atoms with Crippen molar-refractivity contribution in [2.45, 2.75) is 48.0 Å². The van der Waals surface area contributed by atoms with Crippen molar-refractivity contribution in [1.82, 2.24) is 0 Å². The SMILES string of the molecule is C/C=C\c1c(CC(C)C)cccc1Nc1cc(C)cc(C)c1C. The number of rotatable bonds is 5. The molecule has 122 valence electrons. The highest BCUT2D eigenvalue weighted by Crippen LogP contribution is 2.30. The van der Waals surface area contributed by atoms with E-state index in [0.29, 0.717) is 5.92 Å². The average Bonchev–Trinajstić information content (AvgIpc) is 2.47. The molecule has 0 aliphatic carbocycles. The molecule has 23 heavy (non-hydrogen) atoms. The third kappa shape index (κ3) is 4.25. The van der Waals surface area contributed by atoms with E-state index >= 15 is 0 Å². The first-order chi connectivity index (χ1) is 10.9. The molecule has 0 aliphatic heterocycles. The highest BCUT2D eigenvalue weighted by Gasteiger charge is 2.10. The van der Waals surface area contributed by atoms with Crippen LogP contribution < -0.4 is 5.32 Å². The molecule has 1 heteroatoms. The summed E-state index contributed by atoms with van der Waals surface area (Å²) in [5, 5.41) is 3.67. The Bertz CT molecular complexity index is 708. The largest absolute Gasteiger partial charge is 0.355 e. The Morgan fingerprint density at radius 1 is 1.04 bits per heavy atom. The van der Waals surface area contributed by atoms with Crippen molar-refractivity contribution in [3.05, 3.63) is 64.2 Å². The van der Waals surface area contributed by atoms with E-state index in [1.54, 1.807) is 0 Å². The van der Waals surface area contributed by atoms with Gasteiger partial charge in [-0.2, -0.15) is 0 Å². The van der Waals surface area contributed by atoms with Crippen LogP contribution in [0.25, 0.3) is 6.08 Å². The van der Waals surface area contributed by atoms with Gasteiger partial charge < -0.3 is 5.32 Å². The Labute approximate surface area is 141 Å². The monoisotopic (exact) mass is 307 g/mol. The Morgan fingerprint density at radius 3 is 2.43 bits per heavy atom. The molecule has 2 aromatic rings. The smallest absolute Gasteiger partial charge is 0.0460 e. The van der Waals surface area contributed by atoms with Crippen LogP contribution in [-0.2, 0) is 6.42 Å². The van der Waals surface area contributed by atoms with Gasteiger partial charge in [0.15, 0.2) is 0 Å². The van der Waals surface area contributed by atoms with Crippen LogP contribution in [0.4, 0.5) is 11.4 Å². The van der Waals surface area contributed by atoms with Gasteiger partial charge in [0, 0.05) is 16.9 Å². The van der Waals surface area contributed by atoms with Gasteiger partial charge in [-0.15, -0.1) is 0 Å². The van der Waals surface area contributed by atoms with Gasteiger partial charge in [-0.1, -0.05) is 44.2 Å². The summed E-state index contributed by atoms with van der Waals surface area (Å²) in [5.74, 6) is 0.650. The molecular weight excluding hydrogens is 278 g/mol. The van der Waals surface area contributed by atoms with Gasteiger partial charge in [0.2, 0.25) is 0 Å². The van der Waals surface area contributed by atoms with E-state index in [4.69, 9.17) is 0 Å². The minimum atomic E-state index is 0.650. The van der Waals surface area contributed by atoms with Crippen molar-refractivity contribution < 1.29 is 0 Å². The zero-order chi connectivity index (χ0) is 17.0. The molecule has 2 rings (SSSR count). The summed E-state index contributed by atoms with van der Waals surface area (Å²) in [5.41, 5.74) is 9.05. The number of nitrogens with one attached hydrogen (secondary N) is 1. The van der Waals surface area contributed by atoms with Crippen LogP contribution in [0.5, 0.6) is 0 Å². The Balaban J connectivity index is 2.47. The van der Waals surface area contributed by atoms with E-state index in [0.717, 1.165) is 6.42 Å². The molecule has 0 amide bonds. The normalized spacial score (nSPS) is 11.4. The summed E-state index contributed by atoms with van der Waals surface area (Å²) in [6, 6.07) is 11.1. The van der Waals surface area contributed by atoms with Gasteiger partial charge in [-0.05, 0) is 74.4 Å². The molecule has 0 atom stereocenters. The van der Waals surface area contributed by atoms with Crippen LogP contribution >= 0.6 is 0 Å². The molecular formula is C22H29N. The van der Waals surface area contributed by atoms with Crippen LogP contribution in [0, 0.1) is 26.7 Å². The third-order valence-electron chi connectivity index (χ3n) is 4.24. The Kier molecular flexibility index (Phi) is 5.65. The van der Waals surface area contributed by atoms with Crippen molar-refractivity contribution >= 4 is 17.5 Å². The fourth-order valence-corrected chi connectivity index (χ4v) is 3.02. The molecule has 0 spiro atoms. The van der Waals surface area contributed by atoms with Crippen LogP contribution in [0.3, 0.4) is 0 Å². The van der Waals surface area contributed by atoms with Gasteiger partial charge in [0.05, 0.1) is 0 Å². The standard InChI is InChI=1S/C22H29N/c1-7-9-20-19(12-15(2)3)10-8-11-21(20)23-22-14-16(4)13-17(5)18(22)6/h7-11,13-15,23H,12H2,1-6H3/b9-7-. The van der Waals surface area contributed by atoms with Gasteiger partial charge >= 0.3 is 0 Å². The van der Waals surface area contributed by atoms with Crippen LogP contribution in [0.1, 0.15) is 48.6 Å². The number of hydrogen-bond acceptors (Lipinski definition) is 1. The molecule has 0 heterocycles. The topological polar surface area (TPSA) is 12.0 Å². The summed E-state index contributed by atoms with van der Waals surface area (Å²) >= 11 is 0. The van der Waals surface area contributed by atoms with Gasteiger partial charge in [-0.25, -0.2) is 0 Å². The molecule has 1 N–H and O–H groups in total. The molecule has 1 nitrogen and oxygen atoms in total. The molecule has 0 bridgehead atoms. The van der Waals surface area contributed by atoms with Crippen LogP contribution in [-0.4, -0.2) is 0 Å². The highest BCUT2D eigenvalue weighted by molar-refractivity contribution is 5.76. The Morgan fingerprint density at radius 2 is 1.78 bits per heavy atom. The second-order valence-electron chi connectivity index (χ2n) is 6.86. The number of allylic oxidation sites excluding steroid dienone is 1. The molecule has 0 aliphatic rings. The number of anilines is 2. The van der Waals surface area contributed by atoms with Gasteiger partial charge in [-0.3, -0.25) is 0 Å². The van der Waals surface area contributed by atoms with E-state index in [9.17, 15) is 0 Å². The van der Waals surface area contributed by atoms with Crippen molar-refractivity contribution in [3.8, 4) is 0 Å². The van der Waals surface area contributed by atoms with Crippen molar-refractivity contribution in [2.75, 3.05) is 5.32 Å². The lowest BCUT2D eigenvalue weighted by Gasteiger charge is -2.18. The van der Waals surface area contributed by atoms with Crippen LogP contribution in [0.2, 0.25) is 0 Å². The summed E-state index contributed by atoms with van der Waals surface area (Å²) in [4.78, 5) is 0. The highest BCUT2D eigenvalue weighted by atomic mass is 14.9. The van der Waals surface area contributed by atoms with Gasteiger partial charge in [0.25, 0.3) is 0 Å². The maximum atomic E-state index is 3.67. The van der Waals surface area contributed by atoms with Crippen molar-refractivity contribution in [3.63, 3.8) is 0 Å². The molecule has 0 fully saturated rings. The lowest BCUT2D eigenvalue weighted by Crippen LogP contribution is -2.02. The van der Waals surface area contributed by atoms with Gasteiger partial charge in [0.1, 0.15) is 0 Å². The zero-order valence-corrected chi connectivity index (χ0v) is 15.3. The van der Waals surface area contributed by atoms with Crippen LogP contribution in [0.15, 0.2) is 36.4 Å². The first-order valence-corrected chi connectivity index (χ1v) is 8.51. The molecule has 0 saturated heterocycles. The maximum Gasteiger partial charge on any atom is 0.0460 e. The summed E-state index contributed by atoms with van der Waals surface area (Å²) in [6.45, 7) is 13.1. The fraction of sp³-hybridized carbons (Fsp3) is 0.364. The van der Waals surface area contributed by atoms with E-state index in [-0.39, 0.29) is 0 Å². The number of benzene rings is 2. The minimum absolute atomic E-state index is 0.650. The lowest BCUT2D eigenvalue weighted by molar-refractivity contribution is 0.647. The predicted molar refractivity (Wildman–Crippen MR) is 104 cm³/mol. The molecule has 0 aromatic heterocycles. The van der Waals surface area contributed by atoms with Crippen molar-refractivity contribution in [1.29, 1.82) is 0 Å². The average molecular weight is 307 g/mol. The predicted octanol–water partition coefficient (Wildman–Crippen LogP) is 6.59. The van der Waals surface area contributed by atoms with Crippen molar-refractivity contribution in [2.24, 2.45) is 5.92 Å². The summed E-state index contributed by atoms with van der Waals surface area (Å²) in [6.07, 6.45) is 5.44. The van der Waals surface area contributed by atoms with E-state index < -0.39 is 0 Å². The van der Waals surface area contributed by atoms with E-state index in [1.165, 1.54) is 39.2 Å². The summed E-state index contributed by atoms with van der Waals surface area (Å²) in [7, 11) is 0. The first kappa shape index (κ1) is 17.3. The van der Waals surface area contributed by atoms with E-state index in [1.807, 2.05) is 0 Å². The first-order valence-electron chi connectivity index (χ1n) is 8.51. The quantitative estimate of drug-likeness (QED) is 0.657. The third-order valence-corrected chi connectivity index (χ3v) is 4.24. The Hall–Kier alpha value is -2.02. The van der Waals surface area contributed by atoms with E-state index in [2.05, 4.69) is 89.3 Å². The minimum Gasteiger partial charge on any atom is -0.355 e. The molecule has 0 saturated carbocycles. The zero-order valence-electron chi connectivity index (χ0n) is 15.3. The second kappa shape index (κ2) is 7.50. The number of hydrogen-bond donors (Lipinski definition) is 1. The molecule has 0 radical (unpaired) electrons. The maximum absolute atomic E-state index is 3.67. The number of aryl methyl sites for hydroxylation is 2. The fourth-order valence-electron chi connectivity index (χ4n) is 3.02. The second-order valence-corrected chi connectivity index (χ2v) is 6.86. The molecule has 0 unspecified atom stereocenters.